The van der Waals surface area contributed by atoms with Gasteiger partial charge in [0.2, 0.25) is 0 Å². The Bertz CT molecular complexity index is 314. The molecule has 0 saturated carbocycles. The molecular formula is C8H8S3. The first kappa shape index (κ1) is 8.84. The van der Waals surface area contributed by atoms with E-state index in [4.69, 9.17) is 12.2 Å². The average Bonchev–Trinajstić information content (AvgIpc) is 2.37. The molecule has 0 aliphatic rings. The molecular weight excluding hydrogens is 192 g/mol. The van der Waals surface area contributed by atoms with Crippen molar-refractivity contribution in [3.8, 4) is 0 Å². The molecule has 0 aromatic carbocycles. The van der Waals surface area contributed by atoms with Crippen LogP contribution < -0.4 is 0 Å². The van der Waals surface area contributed by atoms with Crippen LogP contribution >= 0.6 is 32.9 Å². The Hall–Kier alpha value is -0.250. The van der Waals surface area contributed by atoms with E-state index in [1.807, 2.05) is 31.2 Å². The van der Waals surface area contributed by atoms with E-state index in [1.54, 1.807) is 20.7 Å². The van der Waals surface area contributed by atoms with E-state index < -0.39 is 0 Å². The van der Waals surface area contributed by atoms with Crippen LogP contribution in [0.1, 0.15) is 11.8 Å². The molecule has 3 heteroatoms. The predicted molar refractivity (Wildman–Crippen MR) is 56.9 cm³/mol. The minimum atomic E-state index is 0.968. The zero-order chi connectivity index (χ0) is 8.10. The summed E-state index contributed by atoms with van der Waals surface area (Å²) < 4.78 is 0.968. The highest BCUT2D eigenvalue weighted by molar-refractivity contribution is 7.79. The summed E-state index contributed by atoms with van der Waals surface area (Å²) >= 11 is 4.99. The Morgan fingerprint density at radius 2 is 2.18 bits per heavy atom. The maximum atomic E-state index is 4.99. The van der Waals surface area contributed by atoms with Crippen molar-refractivity contribution in [2.75, 3.05) is 0 Å². The van der Waals surface area contributed by atoms with Crippen LogP contribution in [-0.4, -0.2) is 0 Å². The second kappa shape index (κ2) is 4.59. The highest BCUT2D eigenvalue weighted by Gasteiger charge is 1.87. The quantitative estimate of drug-likeness (QED) is 0.393. The molecule has 0 saturated heterocycles. The minimum absolute atomic E-state index is 0.968. The fourth-order valence-electron chi connectivity index (χ4n) is 0.591. The monoisotopic (exact) mass is 200 g/mol. The summed E-state index contributed by atoms with van der Waals surface area (Å²) in [4.78, 5) is 1.23. The van der Waals surface area contributed by atoms with Gasteiger partial charge < -0.3 is 0 Å². The second-order valence-electron chi connectivity index (χ2n) is 1.92. The Labute approximate surface area is 78.9 Å². The Morgan fingerprint density at radius 3 is 2.73 bits per heavy atom. The zero-order valence-corrected chi connectivity index (χ0v) is 8.56. The van der Waals surface area contributed by atoms with E-state index in [0.29, 0.717) is 0 Å². The summed E-state index contributed by atoms with van der Waals surface area (Å²) in [6.07, 6.45) is 8.10. The van der Waals surface area contributed by atoms with E-state index in [1.165, 1.54) is 4.88 Å². The maximum Gasteiger partial charge on any atom is 0.102 e. The van der Waals surface area contributed by atoms with Crippen molar-refractivity contribution < 1.29 is 0 Å². The topological polar surface area (TPSA) is 0 Å². The molecule has 11 heavy (non-hydrogen) atoms. The molecule has 0 amide bonds. The minimum Gasteiger partial charge on any atom is -0.0877 e. The van der Waals surface area contributed by atoms with Gasteiger partial charge in [0.15, 0.2) is 0 Å². The van der Waals surface area contributed by atoms with E-state index in [0.717, 1.165) is 3.82 Å². The van der Waals surface area contributed by atoms with Gasteiger partial charge in [0.25, 0.3) is 0 Å². The van der Waals surface area contributed by atoms with Crippen LogP contribution in [0.3, 0.4) is 0 Å². The Morgan fingerprint density at radius 1 is 1.36 bits per heavy atom. The Kier molecular flexibility index (Phi) is 3.69. The van der Waals surface area contributed by atoms with Gasteiger partial charge in [0.05, 0.1) is 0 Å². The molecule has 1 rings (SSSR count). The molecule has 0 atom stereocenters. The lowest BCUT2D eigenvalue weighted by atomic mass is 10.4. The lowest BCUT2D eigenvalue weighted by Gasteiger charge is -1.76. The summed E-state index contributed by atoms with van der Waals surface area (Å²) in [6, 6.07) is 2.02. The van der Waals surface area contributed by atoms with Gasteiger partial charge in [-0.05, 0) is 19.1 Å². The molecule has 58 valence electrons. The van der Waals surface area contributed by atoms with E-state index in [2.05, 4.69) is 6.08 Å². The third-order valence-electron chi connectivity index (χ3n) is 1.04. The van der Waals surface area contributed by atoms with Gasteiger partial charge in [0.1, 0.15) is 3.82 Å². The van der Waals surface area contributed by atoms with E-state index >= 15 is 0 Å². The zero-order valence-electron chi connectivity index (χ0n) is 6.11. The lowest BCUT2D eigenvalue weighted by Crippen LogP contribution is -1.53. The predicted octanol–water partition coefficient (Wildman–Crippen LogP) is 4.13. The van der Waals surface area contributed by atoms with Crippen LogP contribution in [-0.2, 0) is 0 Å². The van der Waals surface area contributed by atoms with Gasteiger partial charge in [-0.1, -0.05) is 51.1 Å². The Balaban J connectivity index is 2.71. The number of hydrogen-bond donors (Lipinski definition) is 0. The van der Waals surface area contributed by atoms with E-state index in [-0.39, 0.29) is 0 Å². The summed E-state index contributed by atoms with van der Waals surface area (Å²) in [7, 11) is 3.36. The molecule has 0 aliphatic heterocycles. The first-order chi connectivity index (χ1) is 5.33. The van der Waals surface area contributed by atoms with Crippen LogP contribution in [0.15, 0.2) is 24.3 Å². The molecule has 1 aromatic rings. The molecule has 0 fully saturated rings. The summed E-state index contributed by atoms with van der Waals surface area (Å²) in [5, 5.41) is 0. The third kappa shape index (κ3) is 3.10. The van der Waals surface area contributed by atoms with Crippen molar-refractivity contribution in [2.24, 2.45) is 0 Å². The molecule has 1 aromatic heterocycles. The fourth-order valence-corrected chi connectivity index (χ4v) is 2.82. The van der Waals surface area contributed by atoms with Gasteiger partial charge in [-0.15, -0.1) is 0 Å². The molecule has 0 nitrogen and oxygen atoms in total. The van der Waals surface area contributed by atoms with Crippen molar-refractivity contribution in [3.05, 3.63) is 33.0 Å². The first-order valence-electron chi connectivity index (χ1n) is 3.22. The molecule has 0 aliphatic carbocycles. The molecule has 0 unspecified atom stereocenters. The van der Waals surface area contributed by atoms with Gasteiger partial charge >= 0.3 is 0 Å². The molecule has 0 N–H and O–H groups in total. The van der Waals surface area contributed by atoms with Gasteiger partial charge in [-0.25, -0.2) is 0 Å². The van der Waals surface area contributed by atoms with Crippen LogP contribution in [0, 0.1) is 3.82 Å². The van der Waals surface area contributed by atoms with Gasteiger partial charge in [0, 0.05) is 4.88 Å². The van der Waals surface area contributed by atoms with Crippen molar-refractivity contribution in [3.63, 3.8) is 0 Å². The van der Waals surface area contributed by atoms with Crippen molar-refractivity contribution >= 4 is 39.0 Å². The van der Waals surface area contributed by atoms with Crippen molar-refractivity contribution in [2.45, 2.75) is 6.92 Å². The smallest absolute Gasteiger partial charge is 0.0877 e. The van der Waals surface area contributed by atoms with E-state index in [9.17, 15) is 0 Å². The summed E-state index contributed by atoms with van der Waals surface area (Å²) in [6.45, 7) is 2.00. The highest BCUT2D eigenvalue weighted by atomic mass is 32.9. The van der Waals surface area contributed by atoms with Crippen molar-refractivity contribution in [1.82, 2.24) is 0 Å². The maximum absolute atomic E-state index is 4.99. The SMILES string of the molecule is C/C=C/C=C/c1cc(=S)ss1. The van der Waals surface area contributed by atoms with Crippen molar-refractivity contribution in [1.29, 1.82) is 0 Å². The summed E-state index contributed by atoms with van der Waals surface area (Å²) in [5.74, 6) is 0. The molecule has 0 bridgehead atoms. The number of hydrogen-bond acceptors (Lipinski definition) is 3. The molecule has 0 spiro atoms. The van der Waals surface area contributed by atoms with Crippen LogP contribution in [0.5, 0.6) is 0 Å². The number of rotatable bonds is 2. The number of allylic oxidation sites excluding steroid dienone is 3. The molecule has 1 heterocycles. The van der Waals surface area contributed by atoms with Crippen LogP contribution in [0.2, 0.25) is 0 Å². The first-order valence-corrected chi connectivity index (χ1v) is 5.78. The normalized spacial score (nSPS) is 11.7. The van der Waals surface area contributed by atoms with Gasteiger partial charge in [-0.2, -0.15) is 0 Å². The highest BCUT2D eigenvalue weighted by Crippen LogP contribution is 2.18. The molecule has 0 radical (unpaired) electrons. The van der Waals surface area contributed by atoms with Gasteiger partial charge in [-0.3, -0.25) is 0 Å². The third-order valence-corrected chi connectivity index (χ3v) is 3.91. The average molecular weight is 200 g/mol. The standard InChI is InChI=1S/C8H8S3/c1-2-3-4-5-7-6-8(9)11-10-7/h2-6H,1H3/b3-2+,5-4+. The largest absolute Gasteiger partial charge is 0.102 e. The fraction of sp³-hybridized carbons (Fsp3) is 0.125. The second-order valence-corrected chi connectivity index (χ2v) is 4.86. The van der Waals surface area contributed by atoms with Crippen LogP contribution in [0.4, 0.5) is 0 Å². The summed E-state index contributed by atoms with van der Waals surface area (Å²) in [5.41, 5.74) is 0. The van der Waals surface area contributed by atoms with Crippen LogP contribution in [0.25, 0.3) is 6.08 Å². The lowest BCUT2D eigenvalue weighted by molar-refractivity contribution is 1.74.